The Morgan fingerprint density at radius 1 is 1.41 bits per heavy atom. The summed E-state index contributed by atoms with van der Waals surface area (Å²) >= 11 is 0. The van der Waals surface area contributed by atoms with E-state index < -0.39 is 12.0 Å². The van der Waals surface area contributed by atoms with Crippen molar-refractivity contribution in [1.82, 2.24) is 0 Å². The molecule has 5 nitrogen and oxygen atoms in total. The molecule has 1 heterocycles. The number of carbonyl (C=O) groups is 1. The third kappa shape index (κ3) is 2.57. The SMILES string of the molecule is COC(=O)[C@@H](N)CC1=Cc2ccccc2OO1. The van der Waals surface area contributed by atoms with Crippen molar-refractivity contribution in [3.05, 3.63) is 35.6 Å². The number of methoxy groups -OCH3 is 1. The number of nitrogens with two attached hydrogens (primary N) is 1. The molecule has 90 valence electrons. The van der Waals surface area contributed by atoms with E-state index in [0.717, 1.165) is 5.56 Å². The van der Waals surface area contributed by atoms with Crippen LogP contribution in [0.2, 0.25) is 0 Å². The van der Waals surface area contributed by atoms with Gasteiger partial charge in [-0.1, -0.05) is 18.2 Å². The lowest BCUT2D eigenvalue weighted by molar-refractivity contribution is -0.172. The molecule has 1 aliphatic rings. The molecule has 0 aromatic heterocycles. The van der Waals surface area contributed by atoms with Crippen molar-refractivity contribution in [1.29, 1.82) is 0 Å². The standard InChI is InChI=1S/C12H13NO4/c1-15-12(14)10(13)7-9-6-8-4-2-3-5-11(8)17-16-9/h2-6,10H,7,13H2,1H3/t10-/m0/s1. The van der Waals surface area contributed by atoms with Crippen LogP contribution in [0.5, 0.6) is 5.75 Å². The Bertz CT molecular complexity index is 456. The number of esters is 1. The normalized spacial score (nSPS) is 14.8. The van der Waals surface area contributed by atoms with Crippen LogP contribution in [0.15, 0.2) is 30.0 Å². The van der Waals surface area contributed by atoms with Crippen LogP contribution >= 0.6 is 0 Å². The lowest BCUT2D eigenvalue weighted by Gasteiger charge is -2.17. The molecule has 0 saturated heterocycles. The number of hydrogen-bond acceptors (Lipinski definition) is 5. The summed E-state index contributed by atoms with van der Waals surface area (Å²) in [7, 11) is 1.30. The second kappa shape index (κ2) is 4.88. The molecule has 1 aromatic carbocycles. The number of carbonyl (C=O) groups excluding carboxylic acids is 1. The van der Waals surface area contributed by atoms with Crippen LogP contribution in [0, 0.1) is 0 Å². The molecule has 1 aliphatic heterocycles. The third-order valence-electron chi connectivity index (χ3n) is 2.40. The summed E-state index contributed by atoms with van der Waals surface area (Å²) in [5.74, 6) is 0.665. The minimum Gasteiger partial charge on any atom is -0.468 e. The molecule has 0 fully saturated rings. The van der Waals surface area contributed by atoms with E-state index in [1.807, 2.05) is 18.2 Å². The Labute approximate surface area is 98.7 Å². The summed E-state index contributed by atoms with van der Waals surface area (Å²) in [6, 6.07) is 6.67. The highest BCUT2D eigenvalue weighted by molar-refractivity contribution is 5.76. The number of rotatable bonds is 3. The molecule has 1 atom stereocenters. The molecule has 0 amide bonds. The first kappa shape index (κ1) is 11.5. The Morgan fingerprint density at radius 2 is 2.18 bits per heavy atom. The summed E-state index contributed by atoms with van der Waals surface area (Å²) in [5, 5.41) is 0. The lowest BCUT2D eigenvalue weighted by Crippen LogP contribution is -2.32. The smallest absolute Gasteiger partial charge is 0.323 e. The highest BCUT2D eigenvalue weighted by Crippen LogP contribution is 2.28. The fraction of sp³-hybridized carbons (Fsp3) is 0.250. The topological polar surface area (TPSA) is 70.8 Å². The van der Waals surface area contributed by atoms with Crippen molar-refractivity contribution in [2.75, 3.05) is 7.11 Å². The van der Waals surface area contributed by atoms with E-state index >= 15 is 0 Å². The quantitative estimate of drug-likeness (QED) is 0.630. The highest BCUT2D eigenvalue weighted by atomic mass is 17.2. The molecule has 0 spiro atoms. The maximum absolute atomic E-state index is 11.2. The molecule has 0 saturated carbocycles. The maximum atomic E-state index is 11.2. The second-order valence-corrected chi connectivity index (χ2v) is 3.65. The van der Waals surface area contributed by atoms with Crippen molar-refractivity contribution in [2.45, 2.75) is 12.5 Å². The van der Waals surface area contributed by atoms with Crippen LogP contribution in [0.4, 0.5) is 0 Å². The number of fused-ring (bicyclic) bond motifs is 1. The van der Waals surface area contributed by atoms with Crippen LogP contribution in [0.1, 0.15) is 12.0 Å². The molecule has 2 rings (SSSR count). The maximum Gasteiger partial charge on any atom is 0.323 e. The number of ether oxygens (including phenoxy) is 1. The van der Waals surface area contributed by atoms with E-state index in [9.17, 15) is 4.79 Å². The number of benzene rings is 1. The largest absolute Gasteiger partial charge is 0.468 e. The molecular weight excluding hydrogens is 222 g/mol. The Hall–Kier alpha value is -2.01. The first-order valence-electron chi connectivity index (χ1n) is 5.18. The molecule has 2 N–H and O–H groups in total. The van der Waals surface area contributed by atoms with E-state index in [0.29, 0.717) is 11.5 Å². The summed E-state index contributed by atoms with van der Waals surface area (Å²) in [6.07, 6.45) is 2.03. The molecular formula is C12H13NO4. The van der Waals surface area contributed by atoms with Gasteiger partial charge in [0.2, 0.25) is 0 Å². The monoisotopic (exact) mass is 235 g/mol. The summed E-state index contributed by atoms with van der Waals surface area (Å²) < 4.78 is 4.54. The average Bonchev–Trinajstić information content (AvgIpc) is 2.37. The fourth-order valence-electron chi connectivity index (χ4n) is 1.52. The zero-order valence-corrected chi connectivity index (χ0v) is 9.38. The number of para-hydroxylation sites is 1. The van der Waals surface area contributed by atoms with Crippen molar-refractivity contribution in [3.63, 3.8) is 0 Å². The van der Waals surface area contributed by atoms with E-state index in [2.05, 4.69) is 4.74 Å². The Balaban J connectivity index is 2.10. The zero-order valence-electron chi connectivity index (χ0n) is 9.38. The van der Waals surface area contributed by atoms with Crippen molar-refractivity contribution in [2.24, 2.45) is 5.73 Å². The van der Waals surface area contributed by atoms with Crippen molar-refractivity contribution in [3.8, 4) is 5.75 Å². The lowest BCUT2D eigenvalue weighted by atomic mass is 10.1. The molecule has 0 aliphatic carbocycles. The number of hydrogen-bond donors (Lipinski definition) is 1. The van der Waals surface area contributed by atoms with Gasteiger partial charge < -0.3 is 10.5 Å². The third-order valence-corrected chi connectivity index (χ3v) is 2.40. The van der Waals surface area contributed by atoms with Crippen LogP contribution in [-0.4, -0.2) is 19.1 Å². The summed E-state index contributed by atoms with van der Waals surface area (Å²) in [4.78, 5) is 21.3. The zero-order chi connectivity index (χ0) is 12.3. The molecule has 1 aromatic rings. The summed E-state index contributed by atoms with van der Waals surface area (Å²) in [6.45, 7) is 0. The fourth-order valence-corrected chi connectivity index (χ4v) is 1.52. The highest BCUT2D eigenvalue weighted by Gasteiger charge is 2.20. The van der Waals surface area contributed by atoms with Gasteiger partial charge in [0.1, 0.15) is 6.04 Å². The van der Waals surface area contributed by atoms with Crippen LogP contribution < -0.4 is 10.6 Å². The van der Waals surface area contributed by atoms with Gasteiger partial charge >= 0.3 is 5.97 Å². The molecule has 0 radical (unpaired) electrons. The first-order valence-corrected chi connectivity index (χ1v) is 5.18. The van der Waals surface area contributed by atoms with Gasteiger partial charge in [-0.15, -0.1) is 0 Å². The molecule has 5 heteroatoms. The minimum atomic E-state index is -0.750. The van der Waals surface area contributed by atoms with Crippen LogP contribution in [0.25, 0.3) is 6.08 Å². The molecule has 0 unspecified atom stereocenters. The van der Waals surface area contributed by atoms with E-state index in [1.165, 1.54) is 7.11 Å². The van der Waals surface area contributed by atoms with E-state index in [-0.39, 0.29) is 6.42 Å². The second-order valence-electron chi connectivity index (χ2n) is 3.65. The van der Waals surface area contributed by atoms with Gasteiger partial charge in [0.05, 0.1) is 7.11 Å². The predicted molar refractivity (Wildman–Crippen MR) is 60.7 cm³/mol. The molecule has 17 heavy (non-hydrogen) atoms. The van der Waals surface area contributed by atoms with Gasteiger partial charge in [0, 0.05) is 12.0 Å². The Morgan fingerprint density at radius 3 is 2.94 bits per heavy atom. The van der Waals surface area contributed by atoms with Gasteiger partial charge in [-0.3, -0.25) is 14.6 Å². The summed E-state index contributed by atoms with van der Waals surface area (Å²) in [5.41, 5.74) is 6.52. The first-order chi connectivity index (χ1) is 8.20. The van der Waals surface area contributed by atoms with Gasteiger partial charge in [-0.25, -0.2) is 0 Å². The van der Waals surface area contributed by atoms with Crippen LogP contribution in [0.3, 0.4) is 0 Å². The van der Waals surface area contributed by atoms with Crippen molar-refractivity contribution >= 4 is 12.0 Å². The molecule has 0 bridgehead atoms. The predicted octanol–water partition coefficient (Wildman–Crippen LogP) is 1.24. The Kier molecular flexibility index (Phi) is 3.30. The van der Waals surface area contributed by atoms with Crippen molar-refractivity contribution < 1.29 is 19.3 Å². The van der Waals surface area contributed by atoms with Crippen LogP contribution in [-0.2, 0) is 14.4 Å². The van der Waals surface area contributed by atoms with E-state index in [4.69, 9.17) is 15.5 Å². The average molecular weight is 235 g/mol. The van der Waals surface area contributed by atoms with Gasteiger partial charge in [-0.05, 0) is 12.1 Å². The van der Waals surface area contributed by atoms with Gasteiger partial charge in [0.25, 0.3) is 0 Å². The van der Waals surface area contributed by atoms with E-state index in [1.54, 1.807) is 12.1 Å². The van der Waals surface area contributed by atoms with Gasteiger partial charge in [0.15, 0.2) is 11.5 Å². The van der Waals surface area contributed by atoms with Gasteiger partial charge in [-0.2, -0.15) is 0 Å². The minimum absolute atomic E-state index is 0.237.